The molecular weight excluding hydrogens is 498 g/mol. The van der Waals surface area contributed by atoms with Gasteiger partial charge in [-0.1, -0.05) is 30.0 Å². The predicted molar refractivity (Wildman–Crippen MR) is 147 cm³/mol. The molecule has 2 N–H and O–H groups in total. The van der Waals surface area contributed by atoms with Crippen molar-refractivity contribution in [3.05, 3.63) is 42.2 Å². The van der Waals surface area contributed by atoms with Gasteiger partial charge in [-0.2, -0.15) is 9.97 Å². The topological polar surface area (TPSA) is 97.5 Å². The van der Waals surface area contributed by atoms with Crippen LogP contribution in [0, 0.1) is 12.7 Å². The molecular formula is C25H26FN6O2PS. The Balaban J connectivity index is 1.68. The third-order valence-corrected chi connectivity index (χ3v) is 8.14. The van der Waals surface area contributed by atoms with Crippen molar-refractivity contribution in [2.45, 2.75) is 19.9 Å². The number of nitrogen functional groups attached to an aromatic ring is 1. The average Bonchev–Trinajstić information content (AvgIpc) is 3.26. The summed E-state index contributed by atoms with van der Waals surface area (Å²) in [5, 5.41) is 1.97. The first kappa shape index (κ1) is 24.3. The smallest absolute Gasteiger partial charge is 0.318 e. The van der Waals surface area contributed by atoms with Crippen molar-refractivity contribution >= 4 is 63.9 Å². The summed E-state index contributed by atoms with van der Waals surface area (Å²) in [6.45, 7) is 9.01. The van der Waals surface area contributed by atoms with Crippen molar-refractivity contribution in [1.82, 2.24) is 19.9 Å². The molecule has 5 rings (SSSR count). The molecule has 1 amide bonds. The van der Waals surface area contributed by atoms with Crippen LogP contribution in [0.15, 0.2) is 30.9 Å². The first-order chi connectivity index (χ1) is 17.2. The number of nitrogens with zero attached hydrogens (tertiary/aromatic N) is 5. The predicted octanol–water partition coefficient (Wildman–Crippen LogP) is 3.67. The van der Waals surface area contributed by atoms with E-state index in [2.05, 4.69) is 30.8 Å². The third-order valence-electron chi connectivity index (χ3n) is 6.51. The molecule has 11 heteroatoms. The van der Waals surface area contributed by atoms with Gasteiger partial charge in [0.2, 0.25) is 5.91 Å². The molecule has 1 aliphatic heterocycles. The Morgan fingerprint density at radius 3 is 2.78 bits per heavy atom. The second-order valence-corrected chi connectivity index (χ2v) is 10.4. The molecule has 1 unspecified atom stereocenters. The molecule has 3 heterocycles. The number of carbonyl (C=O) groups is 1. The largest absolute Gasteiger partial charge is 0.467 e. The number of aryl methyl sites for hydroxylation is 1. The van der Waals surface area contributed by atoms with Crippen LogP contribution in [0.2, 0.25) is 0 Å². The Hall–Kier alpha value is -3.36. The minimum atomic E-state index is -0.468. The Bertz CT molecular complexity index is 1540. The van der Waals surface area contributed by atoms with Gasteiger partial charge in [-0.15, -0.1) is 9.24 Å². The van der Waals surface area contributed by atoms with Crippen LogP contribution in [-0.4, -0.2) is 58.5 Å². The van der Waals surface area contributed by atoms with E-state index in [1.54, 1.807) is 4.90 Å². The molecule has 0 spiro atoms. The number of ether oxygens (including phenoxy) is 1. The van der Waals surface area contributed by atoms with E-state index in [1.165, 1.54) is 24.5 Å². The minimum Gasteiger partial charge on any atom is -0.467 e. The van der Waals surface area contributed by atoms with Crippen LogP contribution in [0.5, 0.6) is 6.01 Å². The zero-order chi connectivity index (χ0) is 25.7. The fourth-order valence-electron chi connectivity index (χ4n) is 4.82. The van der Waals surface area contributed by atoms with Crippen LogP contribution in [0.1, 0.15) is 12.5 Å². The van der Waals surface area contributed by atoms with Gasteiger partial charge in [-0.05, 0) is 36.9 Å². The van der Waals surface area contributed by atoms with Crippen LogP contribution in [-0.2, 0) is 4.79 Å². The average molecular weight is 525 g/mol. The van der Waals surface area contributed by atoms with E-state index < -0.39 is 5.82 Å². The highest BCUT2D eigenvalue weighted by atomic mass is 32.1. The first-order valence-corrected chi connectivity index (χ1v) is 12.8. The minimum absolute atomic E-state index is 0.0701. The SMILES string of the molecule is C=CC(=O)N1CCN(c2nc(OC)nc3c(F)c(-c4ccc(P)c5sc(N)nc45)c(C)cc23)C[C@H]1C. The summed E-state index contributed by atoms with van der Waals surface area (Å²) in [6, 6.07) is 5.69. The molecule has 2 aromatic carbocycles. The Morgan fingerprint density at radius 2 is 2.08 bits per heavy atom. The number of anilines is 2. The van der Waals surface area contributed by atoms with Gasteiger partial charge in [0.05, 0.1) is 17.3 Å². The van der Waals surface area contributed by atoms with Crippen molar-refractivity contribution in [3.63, 3.8) is 0 Å². The maximum Gasteiger partial charge on any atom is 0.318 e. The molecule has 0 bridgehead atoms. The number of benzene rings is 2. The summed E-state index contributed by atoms with van der Waals surface area (Å²) >= 11 is 1.37. The Labute approximate surface area is 214 Å². The lowest BCUT2D eigenvalue weighted by Crippen LogP contribution is -2.54. The molecule has 8 nitrogen and oxygen atoms in total. The second-order valence-electron chi connectivity index (χ2n) is 8.78. The Morgan fingerprint density at radius 1 is 1.31 bits per heavy atom. The number of nitrogens with two attached hydrogens (primary N) is 1. The Kier molecular flexibility index (Phi) is 6.26. The molecule has 0 radical (unpaired) electrons. The summed E-state index contributed by atoms with van der Waals surface area (Å²) in [5.74, 6) is 0.000417. The molecule has 2 aromatic heterocycles. The van der Waals surface area contributed by atoms with Gasteiger partial charge in [-0.3, -0.25) is 4.79 Å². The molecule has 4 aromatic rings. The molecule has 1 aliphatic rings. The van der Waals surface area contributed by atoms with E-state index in [4.69, 9.17) is 10.5 Å². The number of thiazole rings is 1. The van der Waals surface area contributed by atoms with Crippen molar-refractivity contribution in [2.24, 2.45) is 0 Å². The highest BCUT2D eigenvalue weighted by Crippen LogP contribution is 2.40. The standard InChI is InChI=1S/C25H26FN6O2PS/c1-5-17(33)32-9-8-31(11-13(32)3)23-15-10-12(2)18(19(26)20(15)29-25(30-23)34-4)14-6-7-16(35)22-21(14)28-24(27)36-22/h5-7,10,13H,1,8-9,11,35H2,2-4H3,(H2,27,28)/t13-/m1/s1. The van der Waals surface area contributed by atoms with E-state index in [0.29, 0.717) is 52.6 Å². The molecule has 0 saturated carbocycles. The van der Waals surface area contributed by atoms with Gasteiger partial charge >= 0.3 is 6.01 Å². The number of aromatic nitrogens is 3. The van der Waals surface area contributed by atoms with Crippen molar-refractivity contribution in [1.29, 1.82) is 0 Å². The molecule has 186 valence electrons. The first-order valence-electron chi connectivity index (χ1n) is 11.4. The van der Waals surface area contributed by atoms with Gasteiger partial charge in [0.15, 0.2) is 10.9 Å². The fraction of sp³-hybridized carbons (Fsp3) is 0.280. The summed E-state index contributed by atoms with van der Waals surface area (Å²) in [7, 11) is 4.13. The fourth-order valence-corrected chi connectivity index (χ4v) is 6.01. The number of hydrogen-bond acceptors (Lipinski definition) is 8. The lowest BCUT2D eigenvalue weighted by molar-refractivity contribution is -0.128. The monoisotopic (exact) mass is 524 g/mol. The number of fused-ring (bicyclic) bond motifs is 2. The van der Waals surface area contributed by atoms with Gasteiger partial charge in [0.25, 0.3) is 0 Å². The highest BCUT2D eigenvalue weighted by Gasteiger charge is 2.29. The molecule has 1 saturated heterocycles. The zero-order valence-corrected chi connectivity index (χ0v) is 22.2. The van der Waals surface area contributed by atoms with Gasteiger partial charge < -0.3 is 20.3 Å². The van der Waals surface area contributed by atoms with Crippen LogP contribution >= 0.6 is 20.6 Å². The second kappa shape index (κ2) is 9.26. The van der Waals surface area contributed by atoms with Gasteiger partial charge in [0, 0.05) is 42.2 Å². The van der Waals surface area contributed by atoms with E-state index in [0.717, 1.165) is 15.6 Å². The van der Waals surface area contributed by atoms with Crippen LogP contribution in [0.4, 0.5) is 15.3 Å². The van der Waals surface area contributed by atoms with Crippen LogP contribution in [0.25, 0.3) is 32.2 Å². The maximum absolute atomic E-state index is 16.3. The van der Waals surface area contributed by atoms with Crippen LogP contribution in [0.3, 0.4) is 0 Å². The number of rotatable bonds is 4. The number of piperazine rings is 1. The summed E-state index contributed by atoms with van der Waals surface area (Å²) in [5.41, 5.74) is 8.63. The third kappa shape index (κ3) is 3.94. The van der Waals surface area contributed by atoms with E-state index in [1.807, 2.05) is 36.9 Å². The zero-order valence-electron chi connectivity index (χ0n) is 20.2. The van der Waals surface area contributed by atoms with E-state index >= 15 is 4.39 Å². The van der Waals surface area contributed by atoms with E-state index in [-0.39, 0.29) is 23.5 Å². The highest BCUT2D eigenvalue weighted by molar-refractivity contribution is 7.33. The van der Waals surface area contributed by atoms with Crippen molar-refractivity contribution in [3.8, 4) is 17.1 Å². The molecule has 2 atom stereocenters. The summed E-state index contributed by atoms with van der Waals surface area (Å²) < 4.78 is 22.6. The van der Waals surface area contributed by atoms with Gasteiger partial charge in [0.1, 0.15) is 11.3 Å². The van der Waals surface area contributed by atoms with Gasteiger partial charge in [-0.25, -0.2) is 9.37 Å². The number of methoxy groups -OCH3 is 1. The number of hydrogen-bond donors (Lipinski definition) is 1. The number of amides is 1. The number of carbonyl (C=O) groups excluding carboxylic acids is 1. The van der Waals surface area contributed by atoms with Crippen molar-refractivity contribution < 1.29 is 13.9 Å². The number of halogens is 1. The van der Waals surface area contributed by atoms with Crippen LogP contribution < -0.4 is 20.7 Å². The van der Waals surface area contributed by atoms with E-state index in [9.17, 15) is 4.79 Å². The molecule has 0 aliphatic carbocycles. The normalized spacial score (nSPS) is 16.1. The summed E-state index contributed by atoms with van der Waals surface area (Å²) in [6.07, 6.45) is 1.33. The lowest BCUT2D eigenvalue weighted by Gasteiger charge is -2.40. The van der Waals surface area contributed by atoms with Crippen molar-refractivity contribution in [2.75, 3.05) is 37.4 Å². The summed E-state index contributed by atoms with van der Waals surface area (Å²) in [4.78, 5) is 29.5. The molecule has 1 fully saturated rings. The lowest BCUT2D eigenvalue weighted by atomic mass is 9.96. The molecule has 36 heavy (non-hydrogen) atoms. The maximum atomic E-state index is 16.3. The quantitative estimate of drug-likeness (QED) is 0.321.